The van der Waals surface area contributed by atoms with Crippen molar-refractivity contribution in [3.05, 3.63) is 76.8 Å². The summed E-state index contributed by atoms with van der Waals surface area (Å²) in [6.07, 6.45) is 2.57. The number of carbonyl (C=O) groups is 1. The second-order valence-electron chi connectivity index (χ2n) is 7.43. The first kappa shape index (κ1) is 21.7. The van der Waals surface area contributed by atoms with Crippen molar-refractivity contribution in [3.63, 3.8) is 0 Å². The summed E-state index contributed by atoms with van der Waals surface area (Å²) in [5, 5.41) is 6.30. The Hall–Kier alpha value is -2.55. The second kappa shape index (κ2) is 9.30. The number of sulfonamides is 1. The zero-order valence-corrected chi connectivity index (χ0v) is 19.1. The second-order valence-corrected chi connectivity index (χ2v) is 10.3. The highest BCUT2D eigenvalue weighted by Crippen LogP contribution is 2.25. The SMILES string of the molecule is O=C(N/N=C\c1cccc2ccccc12)C1CCN(S(=O)(=O)c2ccc(Br)cc2)CC1. The van der Waals surface area contributed by atoms with Gasteiger partial charge in [-0.05, 0) is 47.9 Å². The molecule has 1 N–H and O–H groups in total. The molecule has 1 aliphatic rings. The summed E-state index contributed by atoms with van der Waals surface area (Å²) < 4.78 is 27.9. The van der Waals surface area contributed by atoms with E-state index < -0.39 is 10.0 Å². The van der Waals surface area contributed by atoms with E-state index in [1.807, 2.05) is 42.5 Å². The van der Waals surface area contributed by atoms with Crippen LogP contribution in [0.4, 0.5) is 0 Å². The van der Waals surface area contributed by atoms with Gasteiger partial charge in [-0.15, -0.1) is 0 Å². The van der Waals surface area contributed by atoms with Gasteiger partial charge in [0, 0.05) is 29.0 Å². The number of rotatable bonds is 5. The van der Waals surface area contributed by atoms with Crippen LogP contribution in [0.3, 0.4) is 0 Å². The van der Waals surface area contributed by atoms with Gasteiger partial charge in [0.05, 0.1) is 11.1 Å². The van der Waals surface area contributed by atoms with E-state index in [0.717, 1.165) is 20.8 Å². The van der Waals surface area contributed by atoms with Crippen LogP contribution in [0.2, 0.25) is 0 Å². The molecule has 0 saturated carbocycles. The number of hydrazone groups is 1. The maximum atomic E-state index is 12.8. The minimum Gasteiger partial charge on any atom is -0.273 e. The lowest BCUT2D eigenvalue weighted by Crippen LogP contribution is -2.42. The molecule has 0 aliphatic carbocycles. The molecular formula is C23H22BrN3O3S. The van der Waals surface area contributed by atoms with Gasteiger partial charge < -0.3 is 0 Å². The molecule has 6 nitrogen and oxygen atoms in total. The van der Waals surface area contributed by atoms with Gasteiger partial charge in [-0.25, -0.2) is 13.8 Å². The standard InChI is InChI=1S/C23H22BrN3O3S/c24-20-8-10-21(11-9-20)31(29,30)27-14-12-18(13-15-27)23(28)26-25-16-19-6-3-5-17-4-1-2-7-22(17)19/h1-11,16,18H,12-15H2,(H,26,28)/b25-16-. The van der Waals surface area contributed by atoms with Gasteiger partial charge in [0.15, 0.2) is 0 Å². The van der Waals surface area contributed by atoms with Crippen LogP contribution >= 0.6 is 15.9 Å². The molecule has 0 radical (unpaired) electrons. The van der Waals surface area contributed by atoms with Crippen LogP contribution in [0.15, 0.2) is 81.2 Å². The molecule has 1 amide bonds. The number of carbonyl (C=O) groups excluding carboxylic acids is 1. The summed E-state index contributed by atoms with van der Waals surface area (Å²) >= 11 is 3.31. The highest BCUT2D eigenvalue weighted by Gasteiger charge is 2.32. The van der Waals surface area contributed by atoms with Gasteiger partial charge in [-0.3, -0.25) is 4.79 Å². The van der Waals surface area contributed by atoms with Crippen LogP contribution < -0.4 is 5.43 Å². The van der Waals surface area contributed by atoms with Crippen LogP contribution in [0.25, 0.3) is 10.8 Å². The Balaban J connectivity index is 1.35. The lowest BCUT2D eigenvalue weighted by Gasteiger charge is -2.30. The quantitative estimate of drug-likeness (QED) is 0.422. The van der Waals surface area contributed by atoms with Crippen molar-refractivity contribution in [3.8, 4) is 0 Å². The number of piperidine rings is 1. The van der Waals surface area contributed by atoms with Gasteiger partial charge in [-0.2, -0.15) is 9.41 Å². The average molecular weight is 500 g/mol. The van der Waals surface area contributed by atoms with Crippen LogP contribution in [0.1, 0.15) is 18.4 Å². The topological polar surface area (TPSA) is 78.8 Å². The first-order valence-corrected chi connectivity index (χ1v) is 12.2. The molecule has 1 aliphatic heterocycles. The molecule has 0 aromatic heterocycles. The van der Waals surface area contributed by atoms with E-state index in [4.69, 9.17) is 0 Å². The zero-order chi connectivity index (χ0) is 21.8. The average Bonchev–Trinajstić information content (AvgIpc) is 2.79. The Kier molecular flexibility index (Phi) is 6.50. The summed E-state index contributed by atoms with van der Waals surface area (Å²) in [7, 11) is -3.55. The van der Waals surface area contributed by atoms with Crippen LogP contribution in [0, 0.1) is 5.92 Å². The molecule has 0 atom stereocenters. The van der Waals surface area contributed by atoms with Crippen molar-refractivity contribution in [2.75, 3.05) is 13.1 Å². The first-order chi connectivity index (χ1) is 14.9. The van der Waals surface area contributed by atoms with Gasteiger partial charge in [0.2, 0.25) is 15.9 Å². The van der Waals surface area contributed by atoms with Gasteiger partial charge in [-0.1, -0.05) is 58.4 Å². The predicted octanol–water partition coefficient (Wildman–Crippen LogP) is 4.15. The Bertz CT molecular complexity index is 1210. The molecule has 1 heterocycles. The lowest BCUT2D eigenvalue weighted by atomic mass is 9.98. The third kappa shape index (κ3) is 4.87. The highest BCUT2D eigenvalue weighted by atomic mass is 79.9. The van der Waals surface area contributed by atoms with E-state index in [-0.39, 0.29) is 16.7 Å². The molecule has 3 aromatic carbocycles. The zero-order valence-electron chi connectivity index (χ0n) is 16.7. The Morgan fingerprint density at radius 2 is 1.68 bits per heavy atom. The Labute approximate surface area is 190 Å². The minimum absolute atomic E-state index is 0.183. The van der Waals surface area contributed by atoms with Crippen molar-refractivity contribution in [1.82, 2.24) is 9.73 Å². The minimum atomic E-state index is -3.55. The molecule has 160 valence electrons. The number of nitrogens with zero attached hydrogens (tertiary/aromatic N) is 2. The maximum Gasteiger partial charge on any atom is 0.243 e. The molecular weight excluding hydrogens is 478 g/mol. The fraction of sp³-hybridized carbons (Fsp3) is 0.217. The maximum absolute atomic E-state index is 12.8. The molecule has 0 spiro atoms. The molecule has 0 unspecified atom stereocenters. The van der Waals surface area contributed by atoms with E-state index in [1.54, 1.807) is 30.5 Å². The van der Waals surface area contributed by atoms with Crippen LogP contribution in [0.5, 0.6) is 0 Å². The third-order valence-electron chi connectivity index (χ3n) is 5.48. The third-order valence-corrected chi connectivity index (χ3v) is 7.92. The molecule has 4 rings (SSSR count). The first-order valence-electron chi connectivity index (χ1n) is 10.0. The van der Waals surface area contributed by atoms with E-state index >= 15 is 0 Å². The molecule has 1 fully saturated rings. The predicted molar refractivity (Wildman–Crippen MR) is 125 cm³/mol. The van der Waals surface area contributed by atoms with Crippen molar-refractivity contribution in [1.29, 1.82) is 0 Å². The molecule has 1 saturated heterocycles. The van der Waals surface area contributed by atoms with E-state index in [9.17, 15) is 13.2 Å². The summed E-state index contributed by atoms with van der Waals surface area (Å²) in [5.74, 6) is -0.446. The highest BCUT2D eigenvalue weighted by molar-refractivity contribution is 9.10. The molecule has 31 heavy (non-hydrogen) atoms. The molecule has 3 aromatic rings. The van der Waals surface area contributed by atoms with Crippen LogP contribution in [-0.4, -0.2) is 37.9 Å². The Morgan fingerprint density at radius 1 is 1.00 bits per heavy atom. The fourth-order valence-electron chi connectivity index (χ4n) is 3.73. The number of nitrogens with one attached hydrogen (secondary N) is 1. The van der Waals surface area contributed by atoms with E-state index in [1.165, 1.54) is 4.31 Å². The number of fused-ring (bicyclic) bond motifs is 1. The van der Waals surface area contributed by atoms with Gasteiger partial charge >= 0.3 is 0 Å². The molecule has 0 bridgehead atoms. The number of benzene rings is 3. The summed E-state index contributed by atoms with van der Waals surface area (Å²) in [5.41, 5.74) is 3.54. The van der Waals surface area contributed by atoms with Gasteiger partial charge in [0.1, 0.15) is 0 Å². The lowest BCUT2D eigenvalue weighted by molar-refractivity contribution is -0.126. The van der Waals surface area contributed by atoms with E-state index in [2.05, 4.69) is 26.5 Å². The van der Waals surface area contributed by atoms with Crippen molar-refractivity contribution in [2.24, 2.45) is 11.0 Å². The van der Waals surface area contributed by atoms with Crippen molar-refractivity contribution < 1.29 is 13.2 Å². The normalized spacial score (nSPS) is 16.0. The summed E-state index contributed by atoms with van der Waals surface area (Å²) in [6, 6.07) is 20.5. The number of amides is 1. The number of hydrogen-bond acceptors (Lipinski definition) is 4. The molecule has 8 heteroatoms. The number of halogens is 1. The monoisotopic (exact) mass is 499 g/mol. The summed E-state index contributed by atoms with van der Waals surface area (Å²) in [6.45, 7) is 0.618. The smallest absolute Gasteiger partial charge is 0.243 e. The van der Waals surface area contributed by atoms with Crippen molar-refractivity contribution in [2.45, 2.75) is 17.7 Å². The van der Waals surface area contributed by atoms with Gasteiger partial charge in [0.25, 0.3) is 0 Å². The van der Waals surface area contributed by atoms with Crippen molar-refractivity contribution >= 4 is 48.8 Å². The van der Waals surface area contributed by atoms with E-state index in [0.29, 0.717) is 25.9 Å². The largest absolute Gasteiger partial charge is 0.273 e. The Morgan fingerprint density at radius 3 is 2.42 bits per heavy atom. The summed E-state index contributed by atoms with van der Waals surface area (Å²) in [4.78, 5) is 12.8. The number of hydrogen-bond donors (Lipinski definition) is 1. The van der Waals surface area contributed by atoms with Crippen LogP contribution in [-0.2, 0) is 14.8 Å². The fourth-order valence-corrected chi connectivity index (χ4v) is 5.47.